The van der Waals surface area contributed by atoms with Crippen molar-refractivity contribution in [2.24, 2.45) is 4.99 Å². The lowest BCUT2D eigenvalue weighted by Crippen LogP contribution is -2.19. The van der Waals surface area contributed by atoms with Crippen LogP contribution in [0.2, 0.25) is 0 Å². The van der Waals surface area contributed by atoms with Gasteiger partial charge in [-0.15, -0.1) is 0 Å². The summed E-state index contributed by atoms with van der Waals surface area (Å²) in [6.45, 7) is 5.85. The van der Waals surface area contributed by atoms with Gasteiger partial charge in [-0.3, -0.25) is 4.79 Å². The summed E-state index contributed by atoms with van der Waals surface area (Å²) < 4.78 is 15.7. The number of hydrogen-bond donors (Lipinski definition) is 1. The van der Waals surface area contributed by atoms with Gasteiger partial charge in [-0.1, -0.05) is 18.2 Å². The van der Waals surface area contributed by atoms with Crippen LogP contribution in [0.25, 0.3) is 6.08 Å². The fourth-order valence-electron chi connectivity index (χ4n) is 2.83. The minimum absolute atomic E-state index is 0.207. The maximum absolute atomic E-state index is 12.4. The zero-order chi connectivity index (χ0) is 22.4. The maximum atomic E-state index is 12.4. The Bertz CT molecular complexity index is 1060. The summed E-state index contributed by atoms with van der Waals surface area (Å²) in [6, 6.07) is 11.1. The van der Waals surface area contributed by atoms with Crippen LogP contribution in [0.1, 0.15) is 23.6 Å². The van der Waals surface area contributed by atoms with Crippen molar-refractivity contribution in [1.29, 1.82) is 0 Å². The number of nitrogens with one attached hydrogen (secondary N) is 1. The van der Waals surface area contributed by atoms with E-state index < -0.39 is 5.97 Å². The van der Waals surface area contributed by atoms with Gasteiger partial charge in [-0.2, -0.15) is 0 Å². The highest BCUT2D eigenvalue weighted by molar-refractivity contribution is 8.18. The lowest BCUT2D eigenvalue weighted by molar-refractivity contribution is -0.145. The van der Waals surface area contributed by atoms with E-state index in [2.05, 4.69) is 10.3 Å². The molecule has 0 radical (unpaired) electrons. The van der Waals surface area contributed by atoms with Crippen LogP contribution in [0.15, 0.2) is 46.3 Å². The molecule has 0 saturated carbocycles. The van der Waals surface area contributed by atoms with Crippen LogP contribution in [-0.4, -0.2) is 37.4 Å². The molecule has 2 aromatic carbocycles. The molecule has 7 nitrogen and oxygen atoms in total. The maximum Gasteiger partial charge on any atom is 0.344 e. The Labute approximate surface area is 185 Å². The molecular formula is C23H24N2O5S. The first-order valence-corrected chi connectivity index (χ1v) is 10.5. The molecule has 1 aliphatic rings. The van der Waals surface area contributed by atoms with Gasteiger partial charge in [0, 0.05) is 0 Å². The number of aryl methyl sites for hydroxylation is 1. The predicted molar refractivity (Wildman–Crippen MR) is 122 cm³/mol. The topological polar surface area (TPSA) is 86.2 Å². The highest BCUT2D eigenvalue weighted by atomic mass is 32.2. The Morgan fingerprint density at radius 3 is 2.74 bits per heavy atom. The Balaban J connectivity index is 1.76. The molecule has 0 bridgehead atoms. The Hall–Kier alpha value is -3.26. The minimum atomic E-state index is -0.453. The Morgan fingerprint density at radius 1 is 1.19 bits per heavy atom. The van der Waals surface area contributed by atoms with Crippen molar-refractivity contribution >= 4 is 40.6 Å². The number of amidine groups is 1. The monoisotopic (exact) mass is 440 g/mol. The van der Waals surface area contributed by atoms with Gasteiger partial charge in [0.15, 0.2) is 23.3 Å². The quantitative estimate of drug-likeness (QED) is 0.514. The number of esters is 1. The van der Waals surface area contributed by atoms with E-state index in [-0.39, 0.29) is 12.5 Å². The SMILES string of the molecule is CCOC(=O)COc1ccc(/C=C2\SC(=Nc3cccc(C)c3C)NC2=O)cc1OC. The van der Waals surface area contributed by atoms with Crippen LogP contribution in [0, 0.1) is 13.8 Å². The Morgan fingerprint density at radius 2 is 2.00 bits per heavy atom. The normalized spacial score (nSPS) is 15.8. The molecule has 1 N–H and O–H groups in total. The number of thioether (sulfide) groups is 1. The average Bonchev–Trinajstić information content (AvgIpc) is 3.09. The number of aliphatic imine (C=N–C) groups is 1. The number of rotatable bonds is 7. The number of amides is 1. The fraction of sp³-hybridized carbons (Fsp3) is 0.261. The molecule has 0 aromatic heterocycles. The third-order valence-corrected chi connectivity index (χ3v) is 5.50. The van der Waals surface area contributed by atoms with Gasteiger partial charge in [-0.05, 0) is 73.5 Å². The number of ether oxygens (including phenoxy) is 3. The molecule has 31 heavy (non-hydrogen) atoms. The summed E-state index contributed by atoms with van der Waals surface area (Å²) in [5, 5.41) is 3.34. The van der Waals surface area contributed by atoms with Crippen LogP contribution in [0.3, 0.4) is 0 Å². The molecule has 1 heterocycles. The van der Waals surface area contributed by atoms with Crippen LogP contribution in [0.4, 0.5) is 5.69 Å². The van der Waals surface area contributed by atoms with Gasteiger partial charge in [0.05, 0.1) is 24.3 Å². The van der Waals surface area contributed by atoms with E-state index in [1.54, 1.807) is 31.2 Å². The summed E-state index contributed by atoms with van der Waals surface area (Å²) in [4.78, 5) is 29.0. The van der Waals surface area contributed by atoms with Crippen LogP contribution >= 0.6 is 11.8 Å². The van der Waals surface area contributed by atoms with Crippen molar-refractivity contribution in [3.8, 4) is 11.5 Å². The number of carbonyl (C=O) groups is 2. The molecule has 0 aliphatic carbocycles. The van der Waals surface area contributed by atoms with Gasteiger partial charge in [-0.25, -0.2) is 9.79 Å². The van der Waals surface area contributed by atoms with E-state index in [1.165, 1.54) is 18.9 Å². The molecule has 1 fully saturated rings. The van der Waals surface area contributed by atoms with Crippen molar-refractivity contribution in [2.45, 2.75) is 20.8 Å². The first kappa shape index (κ1) is 22.4. The molecule has 0 atom stereocenters. The zero-order valence-electron chi connectivity index (χ0n) is 17.9. The molecule has 1 saturated heterocycles. The van der Waals surface area contributed by atoms with Gasteiger partial charge < -0.3 is 19.5 Å². The van der Waals surface area contributed by atoms with E-state index in [0.29, 0.717) is 28.2 Å². The van der Waals surface area contributed by atoms with E-state index in [1.807, 2.05) is 32.0 Å². The highest BCUT2D eigenvalue weighted by Crippen LogP contribution is 2.33. The molecule has 1 aliphatic heterocycles. The molecule has 162 valence electrons. The third-order valence-electron chi connectivity index (χ3n) is 4.59. The van der Waals surface area contributed by atoms with Crippen molar-refractivity contribution < 1.29 is 23.8 Å². The molecule has 2 aromatic rings. The molecule has 0 unspecified atom stereocenters. The van der Waals surface area contributed by atoms with Gasteiger partial charge in [0.25, 0.3) is 5.91 Å². The first-order chi connectivity index (χ1) is 14.9. The zero-order valence-corrected chi connectivity index (χ0v) is 18.7. The highest BCUT2D eigenvalue weighted by Gasteiger charge is 2.24. The van der Waals surface area contributed by atoms with Gasteiger partial charge >= 0.3 is 5.97 Å². The van der Waals surface area contributed by atoms with Crippen molar-refractivity contribution in [3.05, 3.63) is 58.0 Å². The second kappa shape index (κ2) is 10.2. The van der Waals surface area contributed by atoms with Crippen LogP contribution in [-0.2, 0) is 14.3 Å². The van der Waals surface area contributed by atoms with Crippen molar-refractivity contribution in [1.82, 2.24) is 5.32 Å². The first-order valence-electron chi connectivity index (χ1n) is 9.73. The molecular weight excluding hydrogens is 416 g/mol. The molecule has 8 heteroatoms. The lowest BCUT2D eigenvalue weighted by Gasteiger charge is -2.11. The van der Waals surface area contributed by atoms with E-state index in [9.17, 15) is 9.59 Å². The van der Waals surface area contributed by atoms with Gasteiger partial charge in [0.1, 0.15) is 0 Å². The number of nitrogens with zero attached hydrogens (tertiary/aromatic N) is 1. The number of carbonyl (C=O) groups excluding carboxylic acids is 2. The lowest BCUT2D eigenvalue weighted by atomic mass is 10.1. The summed E-state index contributed by atoms with van der Waals surface area (Å²) >= 11 is 1.28. The van der Waals surface area contributed by atoms with E-state index >= 15 is 0 Å². The van der Waals surface area contributed by atoms with Crippen molar-refractivity contribution in [3.63, 3.8) is 0 Å². The van der Waals surface area contributed by atoms with Crippen molar-refractivity contribution in [2.75, 3.05) is 20.3 Å². The second-order valence-corrected chi connectivity index (χ2v) is 7.74. The average molecular weight is 441 g/mol. The smallest absolute Gasteiger partial charge is 0.344 e. The predicted octanol–water partition coefficient (Wildman–Crippen LogP) is 4.15. The van der Waals surface area contributed by atoms with Crippen LogP contribution < -0.4 is 14.8 Å². The van der Waals surface area contributed by atoms with Crippen LogP contribution in [0.5, 0.6) is 11.5 Å². The summed E-state index contributed by atoms with van der Waals surface area (Å²) in [5.74, 6) is 0.200. The number of methoxy groups -OCH3 is 1. The molecule has 1 amide bonds. The van der Waals surface area contributed by atoms with E-state index in [0.717, 1.165) is 22.4 Å². The third kappa shape index (κ3) is 5.67. The largest absolute Gasteiger partial charge is 0.493 e. The Kier molecular flexibility index (Phi) is 7.36. The number of hydrogen-bond acceptors (Lipinski definition) is 7. The number of benzene rings is 2. The summed E-state index contributed by atoms with van der Waals surface area (Å²) in [5.41, 5.74) is 3.80. The minimum Gasteiger partial charge on any atom is -0.493 e. The fourth-order valence-corrected chi connectivity index (χ4v) is 3.67. The summed E-state index contributed by atoms with van der Waals surface area (Å²) in [6.07, 6.45) is 1.75. The molecule has 3 rings (SSSR count). The van der Waals surface area contributed by atoms with E-state index in [4.69, 9.17) is 14.2 Å². The molecule has 0 spiro atoms. The summed E-state index contributed by atoms with van der Waals surface area (Å²) in [7, 11) is 1.51. The second-order valence-electron chi connectivity index (χ2n) is 6.70. The van der Waals surface area contributed by atoms with Gasteiger partial charge in [0.2, 0.25) is 0 Å². The standard InChI is InChI=1S/C23H24N2O5S/c1-5-29-21(26)13-30-18-10-9-16(11-19(18)28-4)12-20-22(27)25-23(31-20)24-17-8-6-7-14(2)15(17)3/h6-12H,5,13H2,1-4H3,(H,24,25,27)/b20-12-.